The van der Waals surface area contributed by atoms with Crippen molar-refractivity contribution in [3.8, 4) is 0 Å². The van der Waals surface area contributed by atoms with E-state index in [-0.39, 0.29) is 23.4 Å². The SMILES string of the molecule is CCc1sc(C(CNC(C)=O)NC(=O)C2=CC=C(c3ccc(Cl)c(F)c3)C2)nc1C. The van der Waals surface area contributed by atoms with Gasteiger partial charge in [-0.2, -0.15) is 0 Å². The number of carbonyl (C=O) groups is 2. The Morgan fingerprint density at radius 2 is 2.10 bits per heavy atom. The van der Waals surface area contributed by atoms with Gasteiger partial charge in [0.05, 0.1) is 16.8 Å². The Bertz CT molecular complexity index is 1040. The molecule has 0 saturated carbocycles. The fourth-order valence-corrected chi connectivity index (χ4v) is 4.37. The molecule has 1 aromatic heterocycles. The first-order chi connectivity index (χ1) is 14.3. The molecule has 158 valence electrons. The van der Waals surface area contributed by atoms with E-state index in [1.54, 1.807) is 23.5 Å². The summed E-state index contributed by atoms with van der Waals surface area (Å²) >= 11 is 7.29. The summed E-state index contributed by atoms with van der Waals surface area (Å²) in [4.78, 5) is 30.0. The van der Waals surface area contributed by atoms with Crippen LogP contribution in [0.3, 0.4) is 0 Å². The number of aromatic nitrogens is 1. The summed E-state index contributed by atoms with van der Waals surface area (Å²) in [7, 11) is 0. The van der Waals surface area contributed by atoms with Crippen LogP contribution in [0.2, 0.25) is 5.02 Å². The molecule has 2 amide bonds. The van der Waals surface area contributed by atoms with E-state index in [1.165, 1.54) is 19.1 Å². The number of benzene rings is 1. The molecule has 1 atom stereocenters. The Balaban J connectivity index is 1.71. The van der Waals surface area contributed by atoms with Crippen LogP contribution >= 0.6 is 22.9 Å². The highest BCUT2D eigenvalue weighted by atomic mass is 35.5. The molecule has 1 aliphatic rings. The number of aryl methyl sites for hydroxylation is 2. The first-order valence-corrected chi connectivity index (χ1v) is 10.8. The zero-order valence-electron chi connectivity index (χ0n) is 17.0. The largest absolute Gasteiger partial charge is 0.354 e. The summed E-state index contributed by atoms with van der Waals surface area (Å²) in [6, 6.07) is 4.18. The van der Waals surface area contributed by atoms with Gasteiger partial charge in [0.2, 0.25) is 11.8 Å². The van der Waals surface area contributed by atoms with E-state index in [2.05, 4.69) is 22.5 Å². The smallest absolute Gasteiger partial charge is 0.248 e. The summed E-state index contributed by atoms with van der Waals surface area (Å²) in [6.07, 6.45) is 4.79. The van der Waals surface area contributed by atoms with Gasteiger partial charge >= 0.3 is 0 Å². The number of nitrogens with zero attached hydrogens (tertiary/aromatic N) is 1. The lowest BCUT2D eigenvalue weighted by Gasteiger charge is -2.17. The fraction of sp³-hybridized carbons (Fsp3) is 0.318. The standard InChI is InChI=1S/C22H23ClFN3O2S/c1-4-20-12(2)26-22(30-20)19(11-25-13(3)28)27-21(29)16-6-5-14(9-16)15-7-8-17(23)18(24)10-15/h5-8,10,19H,4,9,11H2,1-3H3,(H,25,28)(H,27,29). The van der Waals surface area contributed by atoms with Gasteiger partial charge in [0.15, 0.2) is 0 Å². The topological polar surface area (TPSA) is 71.1 Å². The molecule has 2 N–H and O–H groups in total. The highest BCUT2D eigenvalue weighted by Gasteiger charge is 2.24. The average molecular weight is 448 g/mol. The maximum Gasteiger partial charge on any atom is 0.248 e. The van der Waals surface area contributed by atoms with Gasteiger partial charge in [-0.15, -0.1) is 11.3 Å². The monoisotopic (exact) mass is 447 g/mol. The second-order valence-electron chi connectivity index (χ2n) is 7.07. The molecular formula is C22H23ClFN3O2S. The summed E-state index contributed by atoms with van der Waals surface area (Å²) in [5, 5.41) is 6.57. The molecule has 30 heavy (non-hydrogen) atoms. The maximum atomic E-state index is 13.8. The molecule has 0 aliphatic heterocycles. The minimum atomic E-state index is -0.491. The summed E-state index contributed by atoms with van der Waals surface area (Å²) in [5.41, 5.74) is 3.03. The van der Waals surface area contributed by atoms with E-state index in [1.807, 2.05) is 13.0 Å². The van der Waals surface area contributed by atoms with Crippen LogP contribution in [0.25, 0.3) is 5.57 Å². The molecule has 0 fully saturated rings. The van der Waals surface area contributed by atoms with Crippen molar-refractivity contribution in [3.63, 3.8) is 0 Å². The molecule has 1 heterocycles. The molecule has 1 aromatic carbocycles. The number of hydrogen-bond donors (Lipinski definition) is 2. The van der Waals surface area contributed by atoms with Crippen molar-refractivity contribution in [3.05, 3.63) is 67.9 Å². The van der Waals surface area contributed by atoms with Crippen LogP contribution in [0, 0.1) is 12.7 Å². The molecule has 5 nitrogen and oxygen atoms in total. The lowest BCUT2D eigenvalue weighted by molar-refractivity contribution is -0.120. The van der Waals surface area contributed by atoms with Gasteiger partial charge in [0.1, 0.15) is 10.8 Å². The van der Waals surface area contributed by atoms with Gasteiger partial charge in [0, 0.05) is 30.3 Å². The van der Waals surface area contributed by atoms with Crippen molar-refractivity contribution in [2.75, 3.05) is 6.54 Å². The van der Waals surface area contributed by atoms with Crippen LogP contribution < -0.4 is 10.6 Å². The van der Waals surface area contributed by atoms with Crippen molar-refractivity contribution in [1.82, 2.24) is 15.6 Å². The van der Waals surface area contributed by atoms with Crippen LogP contribution in [-0.2, 0) is 16.0 Å². The van der Waals surface area contributed by atoms with Gasteiger partial charge in [-0.25, -0.2) is 9.37 Å². The van der Waals surface area contributed by atoms with Crippen LogP contribution in [0.15, 0.2) is 35.9 Å². The van der Waals surface area contributed by atoms with Crippen LogP contribution in [0.1, 0.15) is 47.5 Å². The molecule has 3 rings (SSSR count). The van der Waals surface area contributed by atoms with Gasteiger partial charge in [-0.05, 0) is 36.6 Å². The van der Waals surface area contributed by atoms with Gasteiger partial charge in [0.25, 0.3) is 0 Å². The quantitative estimate of drug-likeness (QED) is 0.655. The van der Waals surface area contributed by atoms with E-state index < -0.39 is 11.9 Å². The van der Waals surface area contributed by atoms with Crippen molar-refractivity contribution in [2.24, 2.45) is 0 Å². The number of carbonyl (C=O) groups excluding carboxylic acids is 2. The minimum Gasteiger partial charge on any atom is -0.354 e. The van der Waals surface area contributed by atoms with Crippen LogP contribution in [0.4, 0.5) is 4.39 Å². The van der Waals surface area contributed by atoms with E-state index in [4.69, 9.17) is 11.6 Å². The van der Waals surface area contributed by atoms with Crippen molar-refractivity contribution in [2.45, 2.75) is 39.7 Å². The molecular weight excluding hydrogens is 425 g/mol. The van der Waals surface area contributed by atoms with Crippen molar-refractivity contribution < 1.29 is 14.0 Å². The third-order valence-electron chi connectivity index (χ3n) is 4.84. The Morgan fingerprint density at radius 1 is 1.33 bits per heavy atom. The third-order valence-corrected chi connectivity index (χ3v) is 6.56. The number of thiazole rings is 1. The fourth-order valence-electron chi connectivity index (χ4n) is 3.20. The molecule has 8 heteroatoms. The van der Waals surface area contributed by atoms with Crippen LogP contribution in [-0.4, -0.2) is 23.3 Å². The van der Waals surface area contributed by atoms with Crippen molar-refractivity contribution in [1.29, 1.82) is 0 Å². The first kappa shape index (κ1) is 22.2. The molecule has 0 radical (unpaired) electrons. The summed E-state index contributed by atoms with van der Waals surface area (Å²) in [6.45, 7) is 5.69. The van der Waals surface area contributed by atoms with E-state index >= 15 is 0 Å². The second kappa shape index (κ2) is 9.53. The molecule has 1 unspecified atom stereocenters. The van der Waals surface area contributed by atoms with E-state index in [9.17, 15) is 14.0 Å². The Hall–Kier alpha value is -2.51. The highest BCUT2D eigenvalue weighted by Crippen LogP contribution is 2.31. The number of allylic oxidation sites excluding steroid dienone is 3. The zero-order valence-corrected chi connectivity index (χ0v) is 18.6. The number of halogens is 2. The van der Waals surface area contributed by atoms with Crippen molar-refractivity contribution >= 4 is 40.3 Å². The number of amides is 2. The second-order valence-corrected chi connectivity index (χ2v) is 8.59. The van der Waals surface area contributed by atoms with Gasteiger partial charge in [-0.1, -0.05) is 36.7 Å². The number of rotatable bonds is 7. The van der Waals surface area contributed by atoms with E-state index in [0.29, 0.717) is 17.6 Å². The van der Waals surface area contributed by atoms with E-state index in [0.717, 1.165) is 27.6 Å². The highest BCUT2D eigenvalue weighted by molar-refractivity contribution is 7.11. The summed E-state index contributed by atoms with van der Waals surface area (Å²) < 4.78 is 13.8. The third kappa shape index (κ3) is 5.15. The van der Waals surface area contributed by atoms with Gasteiger partial charge < -0.3 is 10.6 Å². The molecule has 1 aliphatic carbocycles. The zero-order chi connectivity index (χ0) is 21.8. The first-order valence-electron chi connectivity index (χ1n) is 9.65. The predicted molar refractivity (Wildman–Crippen MR) is 118 cm³/mol. The Morgan fingerprint density at radius 3 is 2.73 bits per heavy atom. The predicted octanol–water partition coefficient (Wildman–Crippen LogP) is 4.51. The Kier molecular flexibility index (Phi) is 7.05. The van der Waals surface area contributed by atoms with Crippen LogP contribution in [0.5, 0.6) is 0 Å². The molecule has 0 saturated heterocycles. The average Bonchev–Trinajstić information content (AvgIpc) is 3.34. The molecule has 2 aromatic rings. The normalized spacial score (nSPS) is 14.2. The molecule has 0 spiro atoms. The lowest BCUT2D eigenvalue weighted by atomic mass is 10.0. The maximum absolute atomic E-state index is 13.8. The minimum absolute atomic E-state index is 0.0641. The van der Waals surface area contributed by atoms with Gasteiger partial charge in [-0.3, -0.25) is 9.59 Å². The lowest BCUT2D eigenvalue weighted by Crippen LogP contribution is -2.37. The molecule has 0 bridgehead atoms. The Labute approximate surface area is 184 Å². The number of hydrogen-bond acceptors (Lipinski definition) is 4. The number of nitrogens with one attached hydrogen (secondary N) is 2. The summed E-state index contributed by atoms with van der Waals surface area (Å²) in [5.74, 6) is -0.904.